The smallest absolute Gasteiger partial charge is 0.305 e. The molecule has 2 rings (SSSR count). The van der Waals surface area contributed by atoms with E-state index in [2.05, 4.69) is 18.4 Å². The SMILES string of the molecule is CCCC(CCC)c1nc2ccccc2n1CCC(=O)O. The highest BCUT2D eigenvalue weighted by Gasteiger charge is 2.19. The number of hydrogen-bond donors (Lipinski definition) is 1. The molecule has 4 heteroatoms. The first-order valence-corrected chi connectivity index (χ1v) is 7.84. The molecule has 0 saturated heterocycles. The van der Waals surface area contributed by atoms with Crippen molar-refractivity contribution in [3.05, 3.63) is 30.1 Å². The molecule has 0 unspecified atom stereocenters. The molecule has 114 valence electrons. The molecule has 1 heterocycles. The van der Waals surface area contributed by atoms with Gasteiger partial charge in [0.1, 0.15) is 5.82 Å². The first-order chi connectivity index (χ1) is 10.2. The normalized spacial score (nSPS) is 11.4. The van der Waals surface area contributed by atoms with Gasteiger partial charge in [0.25, 0.3) is 0 Å². The van der Waals surface area contributed by atoms with Gasteiger partial charge in [-0.2, -0.15) is 0 Å². The molecule has 0 bridgehead atoms. The zero-order valence-corrected chi connectivity index (χ0v) is 12.9. The summed E-state index contributed by atoms with van der Waals surface area (Å²) in [5.41, 5.74) is 2.01. The van der Waals surface area contributed by atoms with Gasteiger partial charge < -0.3 is 9.67 Å². The van der Waals surface area contributed by atoms with Crippen LogP contribution in [-0.4, -0.2) is 20.6 Å². The Bertz CT molecular complexity index is 598. The van der Waals surface area contributed by atoms with Gasteiger partial charge in [-0.25, -0.2) is 4.98 Å². The van der Waals surface area contributed by atoms with Crippen LogP contribution in [0, 0.1) is 0 Å². The van der Waals surface area contributed by atoms with Crippen LogP contribution in [0.5, 0.6) is 0 Å². The highest BCUT2D eigenvalue weighted by atomic mass is 16.4. The lowest BCUT2D eigenvalue weighted by atomic mass is 9.97. The van der Waals surface area contributed by atoms with E-state index in [-0.39, 0.29) is 6.42 Å². The third-order valence-electron chi connectivity index (χ3n) is 3.87. The number of nitrogens with zero attached hydrogens (tertiary/aromatic N) is 2. The van der Waals surface area contributed by atoms with Gasteiger partial charge in [0, 0.05) is 12.5 Å². The number of aryl methyl sites for hydroxylation is 1. The number of imidazole rings is 1. The molecule has 21 heavy (non-hydrogen) atoms. The minimum atomic E-state index is -0.763. The van der Waals surface area contributed by atoms with Crippen LogP contribution >= 0.6 is 0 Å². The van der Waals surface area contributed by atoms with Crippen molar-refractivity contribution in [3.8, 4) is 0 Å². The van der Waals surface area contributed by atoms with E-state index in [1.165, 1.54) is 0 Å². The zero-order chi connectivity index (χ0) is 15.2. The summed E-state index contributed by atoms with van der Waals surface area (Å²) in [6.45, 7) is 4.87. The van der Waals surface area contributed by atoms with Crippen LogP contribution in [0.4, 0.5) is 0 Å². The van der Waals surface area contributed by atoms with Gasteiger partial charge in [0.15, 0.2) is 0 Å². The molecule has 0 atom stereocenters. The third kappa shape index (κ3) is 3.63. The lowest BCUT2D eigenvalue weighted by Gasteiger charge is -2.17. The number of rotatable bonds is 8. The quantitative estimate of drug-likeness (QED) is 0.792. The fourth-order valence-corrected chi connectivity index (χ4v) is 2.95. The summed E-state index contributed by atoms with van der Waals surface area (Å²) in [5.74, 6) is 0.712. The van der Waals surface area contributed by atoms with Crippen LogP contribution in [0.1, 0.15) is 57.7 Å². The number of fused-ring (bicyclic) bond motifs is 1. The van der Waals surface area contributed by atoms with Crippen LogP contribution in [0.25, 0.3) is 11.0 Å². The number of para-hydroxylation sites is 2. The maximum Gasteiger partial charge on any atom is 0.305 e. The number of hydrogen-bond acceptors (Lipinski definition) is 2. The largest absolute Gasteiger partial charge is 0.481 e. The lowest BCUT2D eigenvalue weighted by Crippen LogP contribution is -2.12. The molecule has 1 N–H and O–H groups in total. The van der Waals surface area contributed by atoms with Gasteiger partial charge in [0.05, 0.1) is 17.5 Å². The minimum Gasteiger partial charge on any atom is -0.481 e. The zero-order valence-electron chi connectivity index (χ0n) is 12.9. The monoisotopic (exact) mass is 288 g/mol. The predicted octanol–water partition coefficient (Wildman–Crippen LogP) is 4.19. The Labute approximate surface area is 125 Å². The molecule has 0 fully saturated rings. The van der Waals surface area contributed by atoms with Crippen molar-refractivity contribution in [3.63, 3.8) is 0 Å². The van der Waals surface area contributed by atoms with Gasteiger partial charge in [-0.15, -0.1) is 0 Å². The third-order valence-corrected chi connectivity index (χ3v) is 3.87. The Kier molecular flexibility index (Phi) is 5.37. The molecule has 0 aliphatic heterocycles. The Morgan fingerprint density at radius 3 is 2.52 bits per heavy atom. The van der Waals surface area contributed by atoms with E-state index in [1.54, 1.807) is 0 Å². The molecule has 0 saturated carbocycles. The van der Waals surface area contributed by atoms with Crippen LogP contribution in [0.3, 0.4) is 0 Å². The van der Waals surface area contributed by atoms with Gasteiger partial charge in [-0.05, 0) is 25.0 Å². The summed E-state index contributed by atoms with van der Waals surface area (Å²) in [6.07, 6.45) is 4.58. The van der Waals surface area contributed by atoms with Crippen molar-refractivity contribution in [2.45, 2.75) is 58.4 Å². The van der Waals surface area contributed by atoms with Crippen LogP contribution in [0.2, 0.25) is 0 Å². The average Bonchev–Trinajstić information content (AvgIpc) is 2.83. The van der Waals surface area contributed by atoms with Crippen molar-refractivity contribution in [2.75, 3.05) is 0 Å². The van der Waals surface area contributed by atoms with Crippen molar-refractivity contribution in [2.24, 2.45) is 0 Å². The summed E-state index contributed by atoms with van der Waals surface area (Å²) in [5, 5.41) is 8.99. The van der Waals surface area contributed by atoms with Gasteiger partial charge in [-0.3, -0.25) is 4.79 Å². The Balaban J connectivity index is 2.43. The topological polar surface area (TPSA) is 55.1 Å². The molecule has 0 radical (unpaired) electrons. The summed E-state index contributed by atoms with van der Waals surface area (Å²) < 4.78 is 2.11. The summed E-state index contributed by atoms with van der Waals surface area (Å²) in [4.78, 5) is 15.7. The van der Waals surface area contributed by atoms with Gasteiger partial charge in [0.2, 0.25) is 0 Å². The Morgan fingerprint density at radius 1 is 1.24 bits per heavy atom. The van der Waals surface area contributed by atoms with Gasteiger partial charge in [-0.1, -0.05) is 38.8 Å². The van der Waals surface area contributed by atoms with Crippen LogP contribution < -0.4 is 0 Å². The molecule has 1 aromatic heterocycles. The van der Waals surface area contributed by atoms with E-state index in [1.807, 2.05) is 24.3 Å². The summed E-state index contributed by atoms with van der Waals surface area (Å²) in [7, 11) is 0. The van der Waals surface area contributed by atoms with Crippen molar-refractivity contribution in [1.29, 1.82) is 0 Å². The van der Waals surface area contributed by atoms with E-state index in [9.17, 15) is 4.79 Å². The molecule has 0 aliphatic carbocycles. The van der Waals surface area contributed by atoms with E-state index < -0.39 is 5.97 Å². The fraction of sp³-hybridized carbons (Fsp3) is 0.529. The Morgan fingerprint density at radius 2 is 1.90 bits per heavy atom. The summed E-state index contributed by atoms with van der Waals surface area (Å²) in [6, 6.07) is 8.00. The molecule has 0 spiro atoms. The maximum atomic E-state index is 10.9. The van der Waals surface area contributed by atoms with Gasteiger partial charge >= 0.3 is 5.97 Å². The highest BCUT2D eigenvalue weighted by molar-refractivity contribution is 5.76. The molecule has 1 aromatic carbocycles. The second kappa shape index (κ2) is 7.25. The first kappa shape index (κ1) is 15.5. The van der Waals surface area contributed by atoms with E-state index >= 15 is 0 Å². The molecular weight excluding hydrogens is 264 g/mol. The molecule has 0 amide bonds. The maximum absolute atomic E-state index is 10.9. The molecule has 0 aliphatic rings. The standard InChI is InChI=1S/C17H24N2O2/c1-3-7-13(8-4-2)17-18-14-9-5-6-10-15(14)19(17)12-11-16(20)21/h5-6,9-10,13H,3-4,7-8,11-12H2,1-2H3,(H,20,21). The van der Waals surface area contributed by atoms with E-state index in [0.29, 0.717) is 12.5 Å². The van der Waals surface area contributed by atoms with Crippen LogP contribution in [-0.2, 0) is 11.3 Å². The number of aromatic nitrogens is 2. The minimum absolute atomic E-state index is 0.137. The van der Waals surface area contributed by atoms with E-state index in [0.717, 1.165) is 42.5 Å². The molecule has 2 aromatic rings. The molecule has 4 nitrogen and oxygen atoms in total. The van der Waals surface area contributed by atoms with Crippen molar-refractivity contribution < 1.29 is 9.90 Å². The van der Waals surface area contributed by atoms with E-state index in [4.69, 9.17) is 10.1 Å². The second-order valence-electron chi connectivity index (χ2n) is 5.53. The van der Waals surface area contributed by atoms with Crippen molar-refractivity contribution >= 4 is 17.0 Å². The number of carbonyl (C=O) groups is 1. The molecular formula is C17H24N2O2. The average molecular weight is 288 g/mol. The number of carboxylic acid groups (broad SMARTS) is 1. The number of carboxylic acids is 1. The van der Waals surface area contributed by atoms with Crippen LogP contribution in [0.15, 0.2) is 24.3 Å². The predicted molar refractivity (Wildman–Crippen MR) is 84.5 cm³/mol. The summed E-state index contributed by atoms with van der Waals surface area (Å²) >= 11 is 0. The first-order valence-electron chi connectivity index (χ1n) is 7.84. The highest BCUT2D eigenvalue weighted by Crippen LogP contribution is 2.29. The number of benzene rings is 1. The Hall–Kier alpha value is -1.84. The second-order valence-corrected chi connectivity index (χ2v) is 5.53. The number of aliphatic carboxylic acids is 1. The lowest BCUT2D eigenvalue weighted by molar-refractivity contribution is -0.137. The van der Waals surface area contributed by atoms with Crippen molar-refractivity contribution in [1.82, 2.24) is 9.55 Å². The fourth-order valence-electron chi connectivity index (χ4n) is 2.95.